The smallest absolute Gasteiger partial charge is 0.283 e. The van der Waals surface area contributed by atoms with Crippen LogP contribution in [-0.2, 0) is 0 Å². The SMILES string of the molecule is CCC=C1C=CNC1=N/C=C(\C)NC(=O)SC1CCCCC1C. The van der Waals surface area contributed by atoms with E-state index in [-0.39, 0.29) is 5.24 Å². The Bertz CT molecular complexity index is 548. The van der Waals surface area contributed by atoms with E-state index in [0.29, 0.717) is 11.2 Å². The van der Waals surface area contributed by atoms with Crippen LogP contribution in [0.25, 0.3) is 0 Å². The van der Waals surface area contributed by atoms with Gasteiger partial charge in [-0.15, -0.1) is 0 Å². The van der Waals surface area contributed by atoms with Gasteiger partial charge in [-0.1, -0.05) is 44.5 Å². The average molecular weight is 334 g/mol. The molecule has 0 aromatic carbocycles. The van der Waals surface area contributed by atoms with Gasteiger partial charge in [0.15, 0.2) is 0 Å². The van der Waals surface area contributed by atoms with Crippen molar-refractivity contribution in [1.82, 2.24) is 10.6 Å². The fraction of sp³-hybridized carbons (Fsp3) is 0.556. The summed E-state index contributed by atoms with van der Waals surface area (Å²) in [6, 6.07) is 0. The molecule has 0 spiro atoms. The van der Waals surface area contributed by atoms with Crippen LogP contribution in [0.5, 0.6) is 0 Å². The van der Waals surface area contributed by atoms with Gasteiger partial charge in [0.1, 0.15) is 5.84 Å². The first kappa shape index (κ1) is 17.9. The molecule has 2 N–H and O–H groups in total. The van der Waals surface area contributed by atoms with Crippen LogP contribution in [0.4, 0.5) is 4.79 Å². The Morgan fingerprint density at radius 2 is 2.26 bits per heavy atom. The van der Waals surface area contributed by atoms with Crippen molar-refractivity contribution in [3.8, 4) is 0 Å². The van der Waals surface area contributed by atoms with Gasteiger partial charge in [-0.25, -0.2) is 4.99 Å². The molecule has 2 rings (SSSR count). The molecule has 5 heteroatoms. The Labute approximate surface area is 143 Å². The fourth-order valence-electron chi connectivity index (χ4n) is 2.85. The van der Waals surface area contributed by atoms with Crippen molar-refractivity contribution in [2.24, 2.45) is 10.9 Å². The van der Waals surface area contributed by atoms with Gasteiger partial charge in [0.05, 0.1) is 0 Å². The Morgan fingerprint density at radius 1 is 1.48 bits per heavy atom. The van der Waals surface area contributed by atoms with E-state index in [1.165, 1.54) is 31.0 Å². The Kier molecular flexibility index (Phi) is 6.96. The maximum Gasteiger partial charge on any atom is 0.283 e. The molecule has 2 atom stereocenters. The Balaban J connectivity index is 1.87. The van der Waals surface area contributed by atoms with Gasteiger partial charge in [0.25, 0.3) is 5.24 Å². The molecule has 0 saturated heterocycles. The van der Waals surface area contributed by atoms with E-state index in [4.69, 9.17) is 0 Å². The van der Waals surface area contributed by atoms with Gasteiger partial charge >= 0.3 is 0 Å². The molecule has 1 aliphatic heterocycles. The molecule has 1 heterocycles. The molecule has 1 saturated carbocycles. The maximum absolute atomic E-state index is 12.2. The molecule has 0 aromatic rings. The van der Waals surface area contributed by atoms with Gasteiger partial charge in [-0.3, -0.25) is 4.79 Å². The lowest BCUT2D eigenvalue weighted by atomic mass is 9.90. The minimum Gasteiger partial charge on any atom is -0.346 e. The Hall–Kier alpha value is -1.49. The predicted octanol–water partition coefficient (Wildman–Crippen LogP) is 4.72. The van der Waals surface area contributed by atoms with Crippen LogP contribution in [0.2, 0.25) is 0 Å². The van der Waals surface area contributed by atoms with Crippen LogP contribution in [0, 0.1) is 5.92 Å². The topological polar surface area (TPSA) is 53.5 Å². The zero-order valence-corrected chi connectivity index (χ0v) is 15.1. The average Bonchev–Trinajstić information content (AvgIpc) is 2.95. The highest BCUT2D eigenvalue weighted by molar-refractivity contribution is 8.14. The van der Waals surface area contributed by atoms with E-state index in [1.807, 2.05) is 19.2 Å². The second-order valence-corrected chi connectivity index (χ2v) is 7.38. The molecule has 126 valence electrons. The molecule has 0 aromatic heterocycles. The first-order valence-electron chi connectivity index (χ1n) is 8.46. The molecule has 2 aliphatic rings. The van der Waals surface area contributed by atoms with Crippen molar-refractivity contribution >= 4 is 22.8 Å². The summed E-state index contributed by atoms with van der Waals surface area (Å²) in [6.45, 7) is 6.22. The quantitative estimate of drug-likeness (QED) is 0.782. The number of nitrogens with one attached hydrogen (secondary N) is 2. The van der Waals surface area contributed by atoms with Crippen molar-refractivity contribution < 1.29 is 4.79 Å². The monoisotopic (exact) mass is 333 g/mol. The zero-order valence-electron chi connectivity index (χ0n) is 14.3. The van der Waals surface area contributed by atoms with E-state index >= 15 is 0 Å². The summed E-state index contributed by atoms with van der Waals surface area (Å²) in [4.78, 5) is 16.6. The molecular weight excluding hydrogens is 306 g/mol. The number of allylic oxidation sites excluding steroid dienone is 2. The zero-order chi connectivity index (χ0) is 16.7. The number of nitrogens with zero attached hydrogens (tertiary/aromatic N) is 1. The van der Waals surface area contributed by atoms with Gasteiger partial charge in [-0.2, -0.15) is 0 Å². The third-order valence-corrected chi connectivity index (χ3v) is 5.48. The lowest BCUT2D eigenvalue weighted by molar-refractivity contribution is 0.262. The molecular formula is C18H27N3OS. The highest BCUT2D eigenvalue weighted by atomic mass is 32.2. The number of hydrogen-bond donors (Lipinski definition) is 2. The number of amides is 1. The number of hydrogen-bond acceptors (Lipinski definition) is 3. The van der Waals surface area contributed by atoms with E-state index in [2.05, 4.69) is 35.5 Å². The van der Waals surface area contributed by atoms with Crippen molar-refractivity contribution in [2.75, 3.05) is 0 Å². The van der Waals surface area contributed by atoms with E-state index < -0.39 is 0 Å². The largest absolute Gasteiger partial charge is 0.346 e. The van der Waals surface area contributed by atoms with Crippen molar-refractivity contribution in [3.05, 3.63) is 35.8 Å². The van der Waals surface area contributed by atoms with Crippen molar-refractivity contribution in [3.63, 3.8) is 0 Å². The van der Waals surface area contributed by atoms with Crippen LogP contribution >= 0.6 is 11.8 Å². The predicted molar refractivity (Wildman–Crippen MR) is 99.4 cm³/mol. The summed E-state index contributed by atoms with van der Waals surface area (Å²) in [7, 11) is 0. The number of carbonyl (C=O) groups is 1. The lowest BCUT2D eigenvalue weighted by Gasteiger charge is -2.27. The third kappa shape index (κ3) is 5.57. The van der Waals surface area contributed by atoms with E-state index in [1.54, 1.807) is 6.20 Å². The molecule has 4 nitrogen and oxygen atoms in total. The van der Waals surface area contributed by atoms with Crippen LogP contribution in [0.15, 0.2) is 40.8 Å². The van der Waals surface area contributed by atoms with Crippen LogP contribution < -0.4 is 10.6 Å². The van der Waals surface area contributed by atoms with Crippen LogP contribution in [0.3, 0.4) is 0 Å². The number of aliphatic imine (C=N–C) groups is 1. The minimum atomic E-state index is 0.0273. The molecule has 2 unspecified atom stereocenters. The molecule has 1 aliphatic carbocycles. The number of thioether (sulfide) groups is 1. The summed E-state index contributed by atoms with van der Waals surface area (Å²) in [5, 5.41) is 6.51. The molecule has 23 heavy (non-hydrogen) atoms. The van der Waals surface area contributed by atoms with Crippen LogP contribution in [0.1, 0.15) is 52.9 Å². The molecule has 0 bridgehead atoms. The van der Waals surface area contributed by atoms with Gasteiger partial charge in [0.2, 0.25) is 0 Å². The normalized spacial score (nSPS) is 28.2. The standard InChI is InChI=1S/C18H27N3OS/c1-4-7-15-10-11-19-17(15)20-12-14(3)21-18(22)23-16-9-6-5-8-13(16)2/h7,10-13,16H,4-6,8-9H2,1-3H3,(H,19,20)(H,21,22)/b14-12+,15-7?. The van der Waals surface area contributed by atoms with Crippen molar-refractivity contribution in [1.29, 1.82) is 0 Å². The number of carbonyl (C=O) groups excluding carboxylic acids is 1. The summed E-state index contributed by atoms with van der Waals surface area (Å²) in [5.74, 6) is 1.45. The van der Waals surface area contributed by atoms with Crippen LogP contribution in [-0.4, -0.2) is 16.3 Å². The highest BCUT2D eigenvalue weighted by Crippen LogP contribution is 2.33. The summed E-state index contributed by atoms with van der Waals surface area (Å²) < 4.78 is 0. The van der Waals surface area contributed by atoms with Gasteiger partial charge in [-0.05, 0) is 38.2 Å². The number of rotatable bonds is 4. The lowest BCUT2D eigenvalue weighted by Crippen LogP contribution is -2.25. The minimum absolute atomic E-state index is 0.0273. The summed E-state index contributed by atoms with van der Waals surface area (Å²) in [6.07, 6.45) is 13.6. The summed E-state index contributed by atoms with van der Waals surface area (Å²) >= 11 is 1.45. The van der Waals surface area contributed by atoms with Gasteiger partial charge in [0, 0.05) is 28.9 Å². The Morgan fingerprint density at radius 3 is 3.00 bits per heavy atom. The third-order valence-electron chi connectivity index (χ3n) is 4.16. The maximum atomic E-state index is 12.2. The highest BCUT2D eigenvalue weighted by Gasteiger charge is 2.24. The molecule has 1 amide bonds. The fourth-order valence-corrected chi connectivity index (χ4v) is 4.00. The summed E-state index contributed by atoms with van der Waals surface area (Å²) in [5.41, 5.74) is 1.86. The first-order chi connectivity index (χ1) is 11.1. The van der Waals surface area contributed by atoms with E-state index in [0.717, 1.165) is 29.9 Å². The second-order valence-electron chi connectivity index (χ2n) is 6.17. The first-order valence-corrected chi connectivity index (χ1v) is 9.34. The van der Waals surface area contributed by atoms with Gasteiger partial charge < -0.3 is 10.6 Å². The van der Waals surface area contributed by atoms with E-state index in [9.17, 15) is 4.79 Å². The molecule has 1 fully saturated rings. The molecule has 0 radical (unpaired) electrons. The number of amidine groups is 1. The van der Waals surface area contributed by atoms with Crippen molar-refractivity contribution in [2.45, 2.75) is 58.1 Å². The second kappa shape index (κ2) is 8.96.